The van der Waals surface area contributed by atoms with Crippen molar-refractivity contribution in [1.82, 2.24) is 30.2 Å². The van der Waals surface area contributed by atoms with Gasteiger partial charge in [-0.3, -0.25) is 19.5 Å². The summed E-state index contributed by atoms with van der Waals surface area (Å²) >= 11 is 0. The van der Waals surface area contributed by atoms with E-state index in [4.69, 9.17) is 13.7 Å². The molecule has 32 heavy (non-hydrogen) atoms. The molecule has 2 amide bonds. The van der Waals surface area contributed by atoms with Gasteiger partial charge in [0.25, 0.3) is 0 Å². The molecule has 0 radical (unpaired) electrons. The van der Waals surface area contributed by atoms with E-state index in [0.717, 1.165) is 5.56 Å². The van der Waals surface area contributed by atoms with Gasteiger partial charge in [0.1, 0.15) is 6.04 Å². The summed E-state index contributed by atoms with van der Waals surface area (Å²) in [5.41, 5.74) is 2.08. The van der Waals surface area contributed by atoms with Gasteiger partial charge in [0.15, 0.2) is 11.3 Å². The van der Waals surface area contributed by atoms with Crippen LogP contribution in [0, 0.1) is 0 Å². The number of piperidine rings is 1. The zero-order valence-electron chi connectivity index (χ0n) is 16.8. The topological polar surface area (TPSA) is 155 Å². The molecule has 0 aliphatic carbocycles. The van der Waals surface area contributed by atoms with Crippen molar-refractivity contribution >= 4 is 22.9 Å². The number of benzene rings is 1. The number of rotatable bonds is 5. The molecule has 12 nitrogen and oxygen atoms in total. The standard InChI is InChI=1S/C20H16N6O6/c1-30-15-9-22-21-8-11(15)18-24-17(32-25-18)7-10-2-4-14-13(6-10)26(20(29)31-14)12-3-5-16(27)23-19(12)28/h2,4,6,8-9,12H,3,5,7H2,1H3,(H,23,27,28). The fraction of sp³-hybridized carbons (Fsp3) is 0.250. The average Bonchev–Trinajstić information content (AvgIpc) is 3.37. The number of carbonyl (C=O) groups is 2. The van der Waals surface area contributed by atoms with Gasteiger partial charge in [-0.15, -0.1) is 0 Å². The predicted octanol–water partition coefficient (Wildman–Crippen LogP) is 1.01. The van der Waals surface area contributed by atoms with Gasteiger partial charge in [-0.1, -0.05) is 11.2 Å². The summed E-state index contributed by atoms with van der Waals surface area (Å²) in [6.45, 7) is 0. The first-order valence-corrected chi connectivity index (χ1v) is 9.69. The highest BCUT2D eigenvalue weighted by Gasteiger charge is 2.31. The summed E-state index contributed by atoms with van der Waals surface area (Å²) in [6, 6.07) is 4.31. The lowest BCUT2D eigenvalue weighted by Gasteiger charge is -2.21. The molecule has 0 saturated carbocycles. The maximum atomic E-state index is 12.4. The van der Waals surface area contributed by atoms with Crippen molar-refractivity contribution in [3.8, 4) is 17.1 Å². The van der Waals surface area contributed by atoms with Crippen molar-refractivity contribution < 1.29 is 23.3 Å². The fourth-order valence-corrected chi connectivity index (χ4v) is 3.66. The maximum absolute atomic E-state index is 12.4. The third-order valence-electron chi connectivity index (χ3n) is 5.18. The highest BCUT2D eigenvalue weighted by atomic mass is 16.5. The first-order valence-electron chi connectivity index (χ1n) is 9.69. The summed E-state index contributed by atoms with van der Waals surface area (Å²) in [5.74, 6) is -0.462. The Morgan fingerprint density at radius 1 is 1.22 bits per heavy atom. The Morgan fingerprint density at radius 2 is 2.06 bits per heavy atom. The van der Waals surface area contributed by atoms with Gasteiger partial charge in [0, 0.05) is 6.42 Å². The molecule has 1 atom stereocenters. The second-order valence-electron chi connectivity index (χ2n) is 7.17. The van der Waals surface area contributed by atoms with Gasteiger partial charge in [0.2, 0.25) is 23.5 Å². The molecular formula is C20H16N6O6. The van der Waals surface area contributed by atoms with Crippen LogP contribution in [-0.4, -0.2) is 43.8 Å². The molecule has 1 aromatic carbocycles. The number of carbonyl (C=O) groups excluding carboxylic acids is 2. The molecule has 0 spiro atoms. The lowest BCUT2D eigenvalue weighted by Crippen LogP contribution is -2.43. The molecular weight excluding hydrogens is 420 g/mol. The number of aromatic nitrogens is 5. The molecule has 1 saturated heterocycles. The number of fused-ring (bicyclic) bond motifs is 1. The minimum atomic E-state index is -0.821. The molecule has 0 bridgehead atoms. The molecule has 1 unspecified atom stereocenters. The lowest BCUT2D eigenvalue weighted by atomic mass is 10.1. The van der Waals surface area contributed by atoms with Gasteiger partial charge in [0.05, 0.1) is 37.0 Å². The summed E-state index contributed by atoms with van der Waals surface area (Å²) < 4.78 is 17.2. The van der Waals surface area contributed by atoms with Crippen LogP contribution in [0.4, 0.5) is 0 Å². The number of nitrogens with zero attached hydrogens (tertiary/aromatic N) is 5. The average molecular weight is 436 g/mol. The number of hydrogen-bond donors (Lipinski definition) is 1. The lowest BCUT2D eigenvalue weighted by molar-refractivity contribution is -0.135. The van der Waals surface area contributed by atoms with Crippen LogP contribution in [0.15, 0.2) is 44.3 Å². The van der Waals surface area contributed by atoms with E-state index < -0.39 is 17.7 Å². The van der Waals surface area contributed by atoms with Crippen molar-refractivity contribution in [3.63, 3.8) is 0 Å². The van der Waals surface area contributed by atoms with Crippen LogP contribution in [0.3, 0.4) is 0 Å². The van der Waals surface area contributed by atoms with Crippen molar-refractivity contribution in [1.29, 1.82) is 0 Å². The molecule has 4 aromatic rings. The second kappa shape index (κ2) is 7.72. The highest BCUT2D eigenvalue weighted by molar-refractivity contribution is 6.00. The summed E-state index contributed by atoms with van der Waals surface area (Å²) in [5, 5.41) is 13.8. The normalized spacial score (nSPS) is 16.3. The van der Waals surface area contributed by atoms with E-state index in [2.05, 4.69) is 25.7 Å². The largest absolute Gasteiger partial charge is 0.494 e. The first-order chi connectivity index (χ1) is 15.5. The van der Waals surface area contributed by atoms with Crippen molar-refractivity contribution in [2.45, 2.75) is 25.3 Å². The monoisotopic (exact) mass is 436 g/mol. The first kappa shape index (κ1) is 19.6. The van der Waals surface area contributed by atoms with Crippen LogP contribution in [-0.2, 0) is 16.0 Å². The van der Waals surface area contributed by atoms with Crippen molar-refractivity contribution in [3.05, 3.63) is 52.6 Å². The zero-order chi connectivity index (χ0) is 22.2. The van der Waals surface area contributed by atoms with Gasteiger partial charge in [-0.2, -0.15) is 15.2 Å². The number of oxazole rings is 1. The van der Waals surface area contributed by atoms with Gasteiger partial charge >= 0.3 is 5.76 Å². The fourth-order valence-electron chi connectivity index (χ4n) is 3.66. The van der Waals surface area contributed by atoms with Crippen LogP contribution in [0.5, 0.6) is 5.75 Å². The number of methoxy groups -OCH3 is 1. The molecule has 5 rings (SSSR count). The van der Waals surface area contributed by atoms with E-state index in [9.17, 15) is 14.4 Å². The predicted molar refractivity (Wildman–Crippen MR) is 107 cm³/mol. The quantitative estimate of drug-likeness (QED) is 0.448. The molecule has 162 valence electrons. The second-order valence-corrected chi connectivity index (χ2v) is 7.17. The minimum Gasteiger partial charge on any atom is -0.494 e. The summed E-state index contributed by atoms with van der Waals surface area (Å²) in [7, 11) is 1.50. The summed E-state index contributed by atoms with van der Waals surface area (Å²) in [4.78, 5) is 40.5. The van der Waals surface area contributed by atoms with E-state index in [1.807, 2.05) is 0 Å². The smallest absolute Gasteiger partial charge is 0.420 e. The highest BCUT2D eigenvalue weighted by Crippen LogP contribution is 2.27. The Hall–Kier alpha value is -4.35. The Morgan fingerprint density at radius 3 is 2.88 bits per heavy atom. The Balaban J connectivity index is 1.46. The number of nitrogens with one attached hydrogen (secondary N) is 1. The van der Waals surface area contributed by atoms with Crippen molar-refractivity contribution in [2.75, 3.05) is 7.11 Å². The number of imide groups is 1. The van der Waals surface area contributed by atoms with Crippen LogP contribution in [0.1, 0.15) is 30.3 Å². The number of amides is 2. The van der Waals surface area contributed by atoms with E-state index in [-0.39, 0.29) is 25.2 Å². The van der Waals surface area contributed by atoms with Crippen LogP contribution in [0.2, 0.25) is 0 Å². The maximum Gasteiger partial charge on any atom is 0.420 e. The third-order valence-corrected chi connectivity index (χ3v) is 5.18. The Bertz CT molecular complexity index is 1400. The SMILES string of the molecule is COc1cnncc1-c1noc(Cc2ccc3oc(=O)n(C4CCC(=O)NC4=O)c3c2)n1. The third kappa shape index (κ3) is 3.41. The Kier molecular flexibility index (Phi) is 4.73. The van der Waals surface area contributed by atoms with E-state index in [0.29, 0.717) is 34.1 Å². The Labute approximate surface area is 179 Å². The molecule has 3 aromatic heterocycles. The van der Waals surface area contributed by atoms with Crippen LogP contribution in [0.25, 0.3) is 22.5 Å². The number of hydrogen-bond acceptors (Lipinski definition) is 10. The molecule has 4 heterocycles. The molecule has 1 fully saturated rings. The minimum absolute atomic E-state index is 0.146. The van der Waals surface area contributed by atoms with E-state index in [1.54, 1.807) is 18.2 Å². The number of ether oxygens (including phenoxy) is 1. The molecule has 1 aliphatic rings. The summed E-state index contributed by atoms with van der Waals surface area (Å²) in [6.07, 6.45) is 3.57. The molecule has 1 N–H and O–H groups in total. The van der Waals surface area contributed by atoms with Crippen LogP contribution < -0.4 is 15.8 Å². The van der Waals surface area contributed by atoms with E-state index >= 15 is 0 Å². The van der Waals surface area contributed by atoms with E-state index in [1.165, 1.54) is 24.1 Å². The molecule has 12 heteroatoms. The van der Waals surface area contributed by atoms with Crippen LogP contribution >= 0.6 is 0 Å². The van der Waals surface area contributed by atoms with Gasteiger partial charge < -0.3 is 13.7 Å². The zero-order valence-corrected chi connectivity index (χ0v) is 16.8. The van der Waals surface area contributed by atoms with Gasteiger partial charge in [-0.25, -0.2) is 4.79 Å². The van der Waals surface area contributed by atoms with Crippen molar-refractivity contribution in [2.24, 2.45) is 0 Å². The molecule has 1 aliphatic heterocycles. The van der Waals surface area contributed by atoms with Gasteiger partial charge in [-0.05, 0) is 24.1 Å².